The van der Waals surface area contributed by atoms with E-state index >= 15 is 0 Å². The molecule has 2 aromatic carbocycles. The van der Waals surface area contributed by atoms with Crippen LogP contribution in [0.3, 0.4) is 0 Å². The summed E-state index contributed by atoms with van der Waals surface area (Å²) in [6, 6.07) is 12.8. The molecule has 0 N–H and O–H groups in total. The maximum Gasteiger partial charge on any atom is 0.417 e. The maximum atomic E-state index is 13.1. The Bertz CT molecular complexity index is 1190. The van der Waals surface area contributed by atoms with Gasteiger partial charge in [-0.1, -0.05) is 28.1 Å². The quantitative estimate of drug-likeness (QED) is 0.396. The zero-order chi connectivity index (χ0) is 18.5. The molecule has 0 aliphatic carbocycles. The highest BCUT2D eigenvalue weighted by molar-refractivity contribution is 9.10. The van der Waals surface area contributed by atoms with Crippen LogP contribution in [0.25, 0.3) is 21.9 Å². The van der Waals surface area contributed by atoms with E-state index in [1.165, 1.54) is 12.1 Å². The highest BCUT2D eigenvalue weighted by atomic mass is 79.9. The molecule has 2 heterocycles. The van der Waals surface area contributed by atoms with Gasteiger partial charge in [0.05, 0.1) is 5.56 Å². The van der Waals surface area contributed by atoms with Crippen molar-refractivity contribution in [3.63, 3.8) is 0 Å². The van der Waals surface area contributed by atoms with Crippen LogP contribution < -0.4 is 5.63 Å². The summed E-state index contributed by atoms with van der Waals surface area (Å²) in [5, 5.41) is 0.924. The topological polar surface area (TPSA) is 35.1 Å². The molecule has 0 saturated heterocycles. The Balaban J connectivity index is 1.79. The molecule has 3 nitrogen and oxygen atoms in total. The largest absolute Gasteiger partial charge is 0.423 e. The van der Waals surface area contributed by atoms with Crippen molar-refractivity contribution in [2.45, 2.75) is 12.7 Å². The van der Waals surface area contributed by atoms with Crippen LogP contribution in [0.2, 0.25) is 0 Å². The molecule has 132 valence electrons. The molecule has 0 aliphatic rings. The first-order valence-corrected chi connectivity index (χ1v) is 8.49. The Morgan fingerprint density at radius 1 is 1.04 bits per heavy atom. The van der Waals surface area contributed by atoms with Gasteiger partial charge >= 0.3 is 11.8 Å². The molecule has 0 saturated carbocycles. The van der Waals surface area contributed by atoms with Gasteiger partial charge in [-0.05, 0) is 35.9 Å². The number of hydrogen-bond acceptors (Lipinski definition) is 2. The van der Waals surface area contributed by atoms with Crippen molar-refractivity contribution in [2.75, 3.05) is 0 Å². The summed E-state index contributed by atoms with van der Waals surface area (Å²) in [5.41, 5.74) is -0.328. The van der Waals surface area contributed by atoms with Gasteiger partial charge in [0.1, 0.15) is 5.58 Å². The van der Waals surface area contributed by atoms with Crippen LogP contribution in [0.4, 0.5) is 13.2 Å². The summed E-state index contributed by atoms with van der Waals surface area (Å²) in [4.78, 5) is 11.5. The van der Waals surface area contributed by atoms with E-state index < -0.39 is 17.4 Å². The molecule has 0 amide bonds. The Kier molecular flexibility index (Phi) is 3.91. The predicted molar refractivity (Wildman–Crippen MR) is 96.2 cm³/mol. The monoisotopic (exact) mass is 421 g/mol. The molecule has 26 heavy (non-hydrogen) atoms. The van der Waals surface area contributed by atoms with Gasteiger partial charge in [0.15, 0.2) is 0 Å². The fraction of sp³-hybridized carbons (Fsp3) is 0.105. The Hall–Kier alpha value is -2.54. The molecule has 0 aliphatic heterocycles. The van der Waals surface area contributed by atoms with Crippen molar-refractivity contribution in [2.24, 2.45) is 0 Å². The highest BCUT2D eigenvalue weighted by Crippen LogP contribution is 2.34. The van der Waals surface area contributed by atoms with E-state index in [1.807, 2.05) is 35.0 Å². The number of aromatic nitrogens is 1. The predicted octanol–water partition coefficient (Wildman–Crippen LogP) is 5.58. The van der Waals surface area contributed by atoms with Gasteiger partial charge in [0.25, 0.3) is 0 Å². The first-order valence-electron chi connectivity index (χ1n) is 7.70. The van der Waals surface area contributed by atoms with Crippen LogP contribution in [-0.2, 0) is 12.7 Å². The number of rotatable bonds is 2. The highest BCUT2D eigenvalue weighted by Gasteiger charge is 2.33. The second kappa shape index (κ2) is 6.02. The van der Waals surface area contributed by atoms with Gasteiger partial charge in [-0.15, -0.1) is 0 Å². The SMILES string of the molecule is O=c1cc(C(F)(F)F)c2ccc(Cn3ccc4cc(Br)ccc43)cc2o1. The van der Waals surface area contributed by atoms with Crippen LogP contribution in [-0.4, -0.2) is 4.57 Å². The van der Waals surface area contributed by atoms with E-state index in [0.717, 1.165) is 20.9 Å². The molecule has 4 rings (SSSR count). The normalized spacial score (nSPS) is 12.2. The number of benzene rings is 2. The molecule has 4 aromatic rings. The van der Waals surface area contributed by atoms with Gasteiger partial charge in [0, 0.05) is 39.6 Å². The zero-order valence-corrected chi connectivity index (χ0v) is 14.8. The summed E-state index contributed by atoms with van der Waals surface area (Å²) in [6.45, 7) is 0.445. The van der Waals surface area contributed by atoms with Crippen LogP contribution in [0.1, 0.15) is 11.1 Å². The summed E-state index contributed by atoms with van der Waals surface area (Å²) >= 11 is 3.42. The minimum Gasteiger partial charge on any atom is -0.423 e. The van der Waals surface area contributed by atoms with Crippen molar-refractivity contribution in [3.05, 3.63) is 80.7 Å². The number of fused-ring (bicyclic) bond motifs is 2. The molecule has 0 spiro atoms. The Morgan fingerprint density at radius 2 is 1.85 bits per heavy atom. The van der Waals surface area contributed by atoms with Crippen molar-refractivity contribution in [3.8, 4) is 0 Å². The van der Waals surface area contributed by atoms with Gasteiger partial charge in [0.2, 0.25) is 0 Å². The molecule has 0 atom stereocenters. The Morgan fingerprint density at radius 3 is 2.62 bits per heavy atom. The summed E-state index contributed by atoms with van der Waals surface area (Å²) < 4.78 is 47.3. The summed E-state index contributed by atoms with van der Waals surface area (Å²) in [6.07, 6.45) is -2.71. The standard InChI is InChI=1S/C19H11BrF3NO2/c20-13-2-4-16-12(8-13)5-6-24(16)10-11-1-3-14-15(19(21,22)23)9-18(25)26-17(14)7-11/h1-9H,10H2. The van der Waals surface area contributed by atoms with Crippen molar-refractivity contribution >= 4 is 37.8 Å². The van der Waals surface area contributed by atoms with E-state index in [9.17, 15) is 18.0 Å². The van der Waals surface area contributed by atoms with Gasteiger partial charge in [-0.25, -0.2) is 4.79 Å². The van der Waals surface area contributed by atoms with Crippen molar-refractivity contribution in [1.29, 1.82) is 0 Å². The lowest BCUT2D eigenvalue weighted by molar-refractivity contribution is -0.136. The molecule has 0 unspecified atom stereocenters. The smallest absolute Gasteiger partial charge is 0.417 e. The molecule has 7 heteroatoms. The molecule has 0 radical (unpaired) electrons. The van der Waals surface area contributed by atoms with Crippen molar-refractivity contribution in [1.82, 2.24) is 4.57 Å². The average molecular weight is 422 g/mol. The number of alkyl halides is 3. The first kappa shape index (κ1) is 16.9. The second-order valence-electron chi connectivity index (χ2n) is 5.95. The molecular formula is C19H11BrF3NO2. The average Bonchev–Trinajstić information content (AvgIpc) is 2.95. The zero-order valence-electron chi connectivity index (χ0n) is 13.2. The minimum absolute atomic E-state index is 0.0680. The third-order valence-electron chi connectivity index (χ3n) is 4.20. The molecule has 0 fully saturated rings. The summed E-state index contributed by atoms with van der Waals surface area (Å²) in [5.74, 6) is 0. The third kappa shape index (κ3) is 3.03. The van der Waals surface area contributed by atoms with E-state index in [0.29, 0.717) is 12.6 Å². The van der Waals surface area contributed by atoms with E-state index in [-0.39, 0.29) is 11.0 Å². The minimum atomic E-state index is -4.61. The lowest BCUT2D eigenvalue weighted by atomic mass is 10.1. The van der Waals surface area contributed by atoms with E-state index in [1.54, 1.807) is 6.07 Å². The lowest BCUT2D eigenvalue weighted by Gasteiger charge is -2.11. The van der Waals surface area contributed by atoms with Gasteiger partial charge < -0.3 is 8.98 Å². The summed E-state index contributed by atoms with van der Waals surface area (Å²) in [7, 11) is 0. The fourth-order valence-electron chi connectivity index (χ4n) is 3.05. The van der Waals surface area contributed by atoms with E-state index in [2.05, 4.69) is 15.9 Å². The maximum absolute atomic E-state index is 13.1. The second-order valence-corrected chi connectivity index (χ2v) is 6.87. The fourth-order valence-corrected chi connectivity index (χ4v) is 3.42. The Labute approximate surface area is 153 Å². The number of nitrogens with zero attached hydrogens (tertiary/aromatic N) is 1. The van der Waals surface area contributed by atoms with Crippen molar-refractivity contribution < 1.29 is 17.6 Å². The number of halogens is 4. The van der Waals surface area contributed by atoms with Gasteiger partial charge in [-0.3, -0.25) is 0 Å². The molecule has 2 aromatic heterocycles. The first-order chi connectivity index (χ1) is 12.3. The van der Waals surface area contributed by atoms with Crippen LogP contribution in [0.5, 0.6) is 0 Å². The lowest BCUT2D eigenvalue weighted by Crippen LogP contribution is -2.11. The van der Waals surface area contributed by atoms with Crippen LogP contribution in [0, 0.1) is 0 Å². The molecular weight excluding hydrogens is 411 g/mol. The van der Waals surface area contributed by atoms with Gasteiger partial charge in [-0.2, -0.15) is 13.2 Å². The molecule has 0 bridgehead atoms. The van der Waals surface area contributed by atoms with Crippen LogP contribution >= 0.6 is 15.9 Å². The number of hydrogen-bond donors (Lipinski definition) is 0. The van der Waals surface area contributed by atoms with E-state index in [4.69, 9.17) is 4.42 Å². The third-order valence-corrected chi connectivity index (χ3v) is 4.69. The van der Waals surface area contributed by atoms with Crippen LogP contribution in [0.15, 0.2) is 68.4 Å².